The van der Waals surface area contributed by atoms with Gasteiger partial charge in [0, 0.05) is 17.4 Å². The van der Waals surface area contributed by atoms with Crippen LogP contribution in [0.4, 0.5) is 0 Å². The normalized spacial score (nSPS) is 13.4. The van der Waals surface area contributed by atoms with E-state index in [4.69, 9.17) is 16.3 Å². The fraction of sp³-hybridized carbons (Fsp3) is 0.667. The van der Waals surface area contributed by atoms with Gasteiger partial charge in [-0.15, -0.1) is 11.6 Å². The molecule has 1 aromatic heterocycles. The summed E-state index contributed by atoms with van der Waals surface area (Å²) in [5.74, 6) is 1.18. The highest BCUT2D eigenvalue weighted by molar-refractivity contribution is 6.17. The fourth-order valence-electron chi connectivity index (χ4n) is 1.75. The molecule has 0 aliphatic rings. The van der Waals surface area contributed by atoms with Gasteiger partial charge in [-0.05, 0) is 25.0 Å². The Morgan fingerprint density at radius 2 is 2.00 bits per heavy atom. The lowest BCUT2D eigenvalue weighted by Gasteiger charge is -2.21. The Bertz CT molecular complexity index is 385. The summed E-state index contributed by atoms with van der Waals surface area (Å²) in [5.41, 5.74) is 2.10. The van der Waals surface area contributed by atoms with Gasteiger partial charge in [-0.2, -0.15) is 0 Å². The molecule has 0 saturated heterocycles. The van der Waals surface area contributed by atoms with E-state index in [1.165, 1.54) is 0 Å². The maximum atomic E-state index is 5.94. The number of hydrogen-bond acceptors (Lipinski definition) is 2. The van der Waals surface area contributed by atoms with E-state index in [2.05, 4.69) is 45.7 Å². The predicted molar refractivity (Wildman–Crippen MR) is 77.5 cm³/mol. The molecular weight excluding hydrogens is 246 g/mol. The lowest BCUT2D eigenvalue weighted by atomic mass is 9.91. The largest absolute Gasteiger partial charge is 0.475 e. The van der Waals surface area contributed by atoms with Gasteiger partial charge in [0.15, 0.2) is 0 Å². The molecule has 102 valence electrons. The van der Waals surface area contributed by atoms with Crippen molar-refractivity contribution in [2.24, 2.45) is 0 Å². The minimum atomic E-state index is 0.00811. The average Bonchev–Trinajstić information content (AvgIpc) is 2.27. The Hall–Kier alpha value is -0.760. The zero-order chi connectivity index (χ0) is 13.8. The zero-order valence-corrected chi connectivity index (χ0v) is 12.8. The zero-order valence-electron chi connectivity index (χ0n) is 12.1. The number of nitrogens with zero attached hydrogens (tertiary/aromatic N) is 1. The summed E-state index contributed by atoms with van der Waals surface area (Å²) in [4.78, 5) is 4.59. The van der Waals surface area contributed by atoms with Crippen molar-refractivity contribution in [3.05, 3.63) is 23.4 Å². The van der Waals surface area contributed by atoms with Gasteiger partial charge in [0.2, 0.25) is 5.88 Å². The molecule has 0 amide bonds. The first-order valence-electron chi connectivity index (χ1n) is 6.61. The minimum absolute atomic E-state index is 0.00811. The molecule has 0 spiro atoms. The van der Waals surface area contributed by atoms with Crippen LogP contribution >= 0.6 is 11.6 Å². The summed E-state index contributed by atoms with van der Waals surface area (Å²) in [7, 11) is 0. The molecule has 1 aromatic rings. The smallest absolute Gasteiger partial charge is 0.214 e. The van der Waals surface area contributed by atoms with Gasteiger partial charge in [-0.1, -0.05) is 34.1 Å². The Morgan fingerprint density at radius 3 is 2.50 bits per heavy atom. The number of aromatic nitrogens is 1. The molecule has 3 heteroatoms. The number of ether oxygens (including phenoxy) is 1. The van der Waals surface area contributed by atoms with E-state index >= 15 is 0 Å². The van der Waals surface area contributed by atoms with Crippen LogP contribution in [-0.4, -0.2) is 11.1 Å². The van der Waals surface area contributed by atoms with Crippen LogP contribution in [0.3, 0.4) is 0 Å². The lowest BCUT2D eigenvalue weighted by molar-refractivity contribution is 0.200. The third-order valence-electron chi connectivity index (χ3n) is 2.80. The summed E-state index contributed by atoms with van der Waals surface area (Å²) < 4.78 is 5.86. The van der Waals surface area contributed by atoms with Crippen molar-refractivity contribution in [2.45, 2.75) is 64.9 Å². The highest BCUT2D eigenvalue weighted by Gasteiger charge is 2.18. The number of halogens is 1. The fourth-order valence-corrected chi connectivity index (χ4v) is 1.91. The molecular formula is C15H24ClNO. The standard InChI is InChI=1S/C15H24ClNO/c1-6-7-11(2)18-14-9-12(10-16)8-13(17-14)15(3,4)5/h8-9,11H,6-7,10H2,1-5H3. The van der Waals surface area contributed by atoms with Crippen LogP contribution in [0.5, 0.6) is 5.88 Å². The molecule has 0 bridgehead atoms. The highest BCUT2D eigenvalue weighted by Crippen LogP contribution is 2.25. The molecule has 2 nitrogen and oxygen atoms in total. The average molecular weight is 270 g/mol. The summed E-state index contributed by atoms with van der Waals surface area (Å²) in [6.45, 7) is 10.7. The van der Waals surface area contributed by atoms with Gasteiger partial charge in [0.25, 0.3) is 0 Å². The minimum Gasteiger partial charge on any atom is -0.475 e. The van der Waals surface area contributed by atoms with E-state index < -0.39 is 0 Å². The molecule has 18 heavy (non-hydrogen) atoms. The van der Waals surface area contributed by atoms with Crippen LogP contribution in [0.15, 0.2) is 12.1 Å². The summed E-state index contributed by atoms with van der Waals surface area (Å²) in [6, 6.07) is 4.00. The Labute approximate surface area is 116 Å². The molecule has 1 rings (SSSR count). The summed E-state index contributed by atoms with van der Waals surface area (Å²) in [6.07, 6.45) is 2.35. The molecule has 0 fully saturated rings. The third kappa shape index (κ3) is 4.49. The number of hydrogen-bond donors (Lipinski definition) is 0. The molecule has 1 heterocycles. The van der Waals surface area contributed by atoms with Crippen LogP contribution in [0.1, 0.15) is 58.7 Å². The van der Waals surface area contributed by atoms with E-state index in [1.807, 2.05) is 6.07 Å². The Balaban J connectivity index is 2.97. The number of pyridine rings is 1. The summed E-state index contributed by atoms with van der Waals surface area (Å²) in [5, 5.41) is 0. The second-order valence-electron chi connectivity index (χ2n) is 5.80. The van der Waals surface area contributed by atoms with Crippen LogP contribution in [0, 0.1) is 0 Å². The molecule has 0 saturated carbocycles. The summed E-state index contributed by atoms with van der Waals surface area (Å²) >= 11 is 5.94. The molecule has 1 atom stereocenters. The SMILES string of the molecule is CCCC(C)Oc1cc(CCl)cc(C(C)(C)C)n1. The number of rotatable bonds is 5. The van der Waals surface area contributed by atoms with Crippen LogP contribution < -0.4 is 4.74 Å². The van der Waals surface area contributed by atoms with Gasteiger partial charge in [-0.25, -0.2) is 4.98 Å². The van der Waals surface area contributed by atoms with E-state index in [9.17, 15) is 0 Å². The first-order chi connectivity index (χ1) is 8.36. The molecule has 0 radical (unpaired) electrons. The predicted octanol–water partition coefficient (Wildman–Crippen LogP) is 4.69. The van der Waals surface area contributed by atoms with Crippen molar-refractivity contribution < 1.29 is 4.74 Å². The molecule has 0 aromatic carbocycles. The van der Waals surface area contributed by atoms with Crippen molar-refractivity contribution in [3.8, 4) is 5.88 Å². The maximum absolute atomic E-state index is 5.94. The van der Waals surface area contributed by atoms with Crippen molar-refractivity contribution in [2.75, 3.05) is 0 Å². The van der Waals surface area contributed by atoms with Crippen molar-refractivity contribution in [1.29, 1.82) is 0 Å². The molecule has 0 N–H and O–H groups in total. The van der Waals surface area contributed by atoms with E-state index in [0.29, 0.717) is 11.8 Å². The Morgan fingerprint density at radius 1 is 1.33 bits per heavy atom. The molecule has 0 aliphatic carbocycles. The van der Waals surface area contributed by atoms with Gasteiger partial charge in [0.05, 0.1) is 11.8 Å². The van der Waals surface area contributed by atoms with Gasteiger partial charge in [-0.3, -0.25) is 0 Å². The quantitative estimate of drug-likeness (QED) is 0.724. The van der Waals surface area contributed by atoms with E-state index in [1.54, 1.807) is 0 Å². The van der Waals surface area contributed by atoms with Crippen molar-refractivity contribution in [1.82, 2.24) is 4.98 Å². The lowest BCUT2D eigenvalue weighted by Crippen LogP contribution is -2.17. The highest BCUT2D eigenvalue weighted by atomic mass is 35.5. The van der Waals surface area contributed by atoms with Gasteiger partial charge < -0.3 is 4.74 Å². The molecule has 1 unspecified atom stereocenters. The van der Waals surface area contributed by atoms with Crippen LogP contribution in [0.2, 0.25) is 0 Å². The second-order valence-corrected chi connectivity index (χ2v) is 6.07. The third-order valence-corrected chi connectivity index (χ3v) is 3.11. The molecule has 0 aliphatic heterocycles. The number of alkyl halides is 1. The van der Waals surface area contributed by atoms with Gasteiger partial charge in [0.1, 0.15) is 0 Å². The first-order valence-corrected chi connectivity index (χ1v) is 7.14. The van der Waals surface area contributed by atoms with E-state index in [-0.39, 0.29) is 11.5 Å². The second kappa shape index (κ2) is 6.42. The maximum Gasteiger partial charge on any atom is 0.214 e. The first kappa shape index (κ1) is 15.3. The Kier molecular flexibility index (Phi) is 5.46. The van der Waals surface area contributed by atoms with Crippen molar-refractivity contribution >= 4 is 11.6 Å². The monoisotopic (exact) mass is 269 g/mol. The van der Waals surface area contributed by atoms with Crippen LogP contribution in [0.25, 0.3) is 0 Å². The van der Waals surface area contributed by atoms with Gasteiger partial charge >= 0.3 is 0 Å². The van der Waals surface area contributed by atoms with Crippen LogP contribution in [-0.2, 0) is 11.3 Å². The topological polar surface area (TPSA) is 22.1 Å². The van der Waals surface area contributed by atoms with Crippen molar-refractivity contribution in [3.63, 3.8) is 0 Å². The van der Waals surface area contributed by atoms with E-state index in [0.717, 1.165) is 24.1 Å².